The van der Waals surface area contributed by atoms with Gasteiger partial charge >= 0.3 is 0 Å². The van der Waals surface area contributed by atoms with Gasteiger partial charge in [-0.15, -0.1) is 0 Å². The van der Waals surface area contributed by atoms with Crippen LogP contribution in [-0.2, 0) is 0 Å². The number of rotatable bonds is 4. The number of fused-ring (bicyclic) bond motifs is 3. The molecule has 3 aromatic rings. The summed E-state index contributed by atoms with van der Waals surface area (Å²) in [7, 11) is 2.17. The minimum Gasteiger partial charge on any atom is -0.382 e. The Morgan fingerprint density at radius 1 is 1.11 bits per heavy atom. The molecule has 0 spiro atoms. The Kier molecular flexibility index (Phi) is 4.68. The molecular formula is C21H30N6. The van der Waals surface area contributed by atoms with E-state index in [2.05, 4.69) is 65.8 Å². The smallest absolute Gasteiger partial charge is 0.150 e. The van der Waals surface area contributed by atoms with Gasteiger partial charge < -0.3 is 20.5 Å². The lowest BCUT2D eigenvalue weighted by molar-refractivity contribution is 0.313. The Balaban J connectivity index is 1.74. The molecule has 1 fully saturated rings. The molecule has 0 radical (unpaired) electrons. The van der Waals surface area contributed by atoms with E-state index >= 15 is 0 Å². The number of hydrogen-bond acceptors (Lipinski definition) is 5. The number of hydrogen-bond donors (Lipinski definition) is 2. The van der Waals surface area contributed by atoms with Gasteiger partial charge in [-0.05, 0) is 37.6 Å². The lowest BCUT2D eigenvalue weighted by atomic mass is 9.98. The third-order valence-corrected chi connectivity index (χ3v) is 5.62. The Morgan fingerprint density at radius 2 is 1.85 bits per heavy atom. The number of imidazole rings is 1. The van der Waals surface area contributed by atoms with E-state index in [-0.39, 0.29) is 0 Å². The number of likely N-dealkylation sites (N-methyl/N-ethyl adjacent to an activating group) is 1. The predicted octanol–water partition coefficient (Wildman–Crippen LogP) is 3.59. The van der Waals surface area contributed by atoms with Gasteiger partial charge in [0.25, 0.3) is 0 Å². The number of benzene rings is 1. The van der Waals surface area contributed by atoms with E-state index in [1.54, 1.807) is 0 Å². The summed E-state index contributed by atoms with van der Waals surface area (Å²) in [5.74, 6) is 2.54. The predicted molar refractivity (Wildman–Crippen MR) is 113 cm³/mol. The largest absolute Gasteiger partial charge is 0.382 e. The first kappa shape index (κ1) is 18.0. The number of aromatic nitrogens is 3. The lowest BCUT2D eigenvalue weighted by Gasteiger charge is -2.34. The van der Waals surface area contributed by atoms with E-state index in [1.165, 1.54) is 5.69 Å². The van der Waals surface area contributed by atoms with Crippen molar-refractivity contribution in [2.75, 3.05) is 43.9 Å². The SMILES string of the molecule is CC(C)CC(C)c1nc2c([nH]1)c(N)nc1cc(N3CCN(C)CC3)ccc12. The molecule has 3 N–H and O–H groups in total. The van der Waals surface area contributed by atoms with Crippen LogP contribution in [0, 0.1) is 5.92 Å². The van der Waals surface area contributed by atoms with Gasteiger partial charge in [-0.25, -0.2) is 9.97 Å². The quantitative estimate of drug-likeness (QED) is 0.738. The molecule has 1 aliphatic rings. The number of nitrogen functional groups attached to an aromatic ring is 1. The highest BCUT2D eigenvalue weighted by Crippen LogP contribution is 2.31. The summed E-state index contributed by atoms with van der Waals surface area (Å²) in [4.78, 5) is 17.8. The molecule has 1 aliphatic heterocycles. The summed E-state index contributed by atoms with van der Waals surface area (Å²) in [5, 5.41) is 1.07. The molecule has 0 saturated carbocycles. The van der Waals surface area contributed by atoms with Gasteiger partial charge in [0.1, 0.15) is 22.7 Å². The summed E-state index contributed by atoms with van der Waals surface area (Å²) in [6, 6.07) is 6.49. The monoisotopic (exact) mass is 366 g/mol. The van der Waals surface area contributed by atoms with Crippen molar-refractivity contribution in [3.63, 3.8) is 0 Å². The van der Waals surface area contributed by atoms with Gasteiger partial charge in [0.2, 0.25) is 0 Å². The number of nitrogens with one attached hydrogen (secondary N) is 1. The fourth-order valence-corrected chi connectivity index (χ4v) is 4.08. The standard InChI is InChI=1S/C21H30N6/c1-13(2)11-14(3)21-24-18-16-6-5-15(27-9-7-26(4)8-10-27)12-17(16)23-20(22)19(18)25-21/h5-6,12-14H,7-11H2,1-4H3,(H2,22,23)(H,24,25). The van der Waals surface area contributed by atoms with Gasteiger partial charge in [0.15, 0.2) is 0 Å². The van der Waals surface area contributed by atoms with E-state index in [0.717, 1.165) is 60.4 Å². The average Bonchev–Trinajstić information content (AvgIpc) is 3.08. The summed E-state index contributed by atoms with van der Waals surface area (Å²) < 4.78 is 0. The van der Waals surface area contributed by atoms with Crippen LogP contribution in [0.4, 0.5) is 11.5 Å². The third-order valence-electron chi connectivity index (χ3n) is 5.62. The van der Waals surface area contributed by atoms with Crippen LogP contribution in [0.25, 0.3) is 21.9 Å². The average molecular weight is 367 g/mol. The molecule has 0 amide bonds. The number of aromatic amines is 1. The molecule has 1 atom stereocenters. The highest BCUT2D eigenvalue weighted by molar-refractivity contribution is 6.06. The van der Waals surface area contributed by atoms with Crippen LogP contribution in [0.5, 0.6) is 0 Å². The summed E-state index contributed by atoms with van der Waals surface area (Å²) in [6.07, 6.45) is 1.10. The molecule has 6 heteroatoms. The van der Waals surface area contributed by atoms with Crippen molar-refractivity contribution in [1.82, 2.24) is 19.9 Å². The molecule has 1 saturated heterocycles. The molecule has 2 aromatic heterocycles. The van der Waals surface area contributed by atoms with E-state index in [9.17, 15) is 0 Å². The van der Waals surface area contributed by atoms with E-state index in [0.29, 0.717) is 17.7 Å². The second-order valence-electron chi connectivity index (χ2n) is 8.37. The third kappa shape index (κ3) is 3.46. The van der Waals surface area contributed by atoms with E-state index in [4.69, 9.17) is 10.7 Å². The summed E-state index contributed by atoms with van der Waals surface area (Å²) >= 11 is 0. The molecule has 6 nitrogen and oxygen atoms in total. The molecule has 0 aliphatic carbocycles. The normalized spacial score (nSPS) is 17.3. The Labute approximate surface area is 160 Å². The number of anilines is 2. The van der Waals surface area contributed by atoms with Crippen LogP contribution in [-0.4, -0.2) is 53.1 Å². The first-order valence-corrected chi connectivity index (χ1v) is 9.94. The second kappa shape index (κ2) is 7.00. The van der Waals surface area contributed by atoms with Crippen LogP contribution in [0.3, 0.4) is 0 Å². The zero-order chi connectivity index (χ0) is 19.1. The van der Waals surface area contributed by atoms with Crippen molar-refractivity contribution >= 4 is 33.4 Å². The van der Waals surface area contributed by atoms with Crippen molar-refractivity contribution in [3.05, 3.63) is 24.0 Å². The molecule has 4 rings (SSSR count). The van der Waals surface area contributed by atoms with E-state index in [1.807, 2.05) is 0 Å². The maximum atomic E-state index is 6.28. The number of nitrogens with two attached hydrogens (primary N) is 1. The van der Waals surface area contributed by atoms with Gasteiger partial charge in [0, 0.05) is 43.2 Å². The number of piperazine rings is 1. The maximum Gasteiger partial charge on any atom is 0.150 e. The van der Waals surface area contributed by atoms with Gasteiger partial charge in [-0.1, -0.05) is 20.8 Å². The zero-order valence-corrected chi connectivity index (χ0v) is 16.8. The minimum atomic E-state index is 0.372. The van der Waals surface area contributed by atoms with Crippen LogP contribution in [0.15, 0.2) is 18.2 Å². The highest BCUT2D eigenvalue weighted by Gasteiger charge is 2.18. The van der Waals surface area contributed by atoms with Crippen LogP contribution in [0.1, 0.15) is 38.9 Å². The van der Waals surface area contributed by atoms with Crippen molar-refractivity contribution < 1.29 is 0 Å². The second-order valence-corrected chi connectivity index (χ2v) is 8.37. The van der Waals surface area contributed by atoms with Gasteiger partial charge in [-0.3, -0.25) is 0 Å². The maximum absolute atomic E-state index is 6.28. The molecule has 3 heterocycles. The van der Waals surface area contributed by atoms with Crippen molar-refractivity contribution in [3.8, 4) is 0 Å². The fourth-order valence-electron chi connectivity index (χ4n) is 4.08. The molecular weight excluding hydrogens is 336 g/mol. The topological polar surface area (TPSA) is 74.1 Å². The number of nitrogens with zero attached hydrogens (tertiary/aromatic N) is 4. The highest BCUT2D eigenvalue weighted by atomic mass is 15.2. The zero-order valence-electron chi connectivity index (χ0n) is 16.8. The van der Waals surface area contributed by atoms with Crippen molar-refractivity contribution in [1.29, 1.82) is 0 Å². The number of pyridine rings is 1. The fraction of sp³-hybridized carbons (Fsp3) is 0.524. The summed E-state index contributed by atoms with van der Waals surface area (Å²) in [5.41, 5.74) is 10.2. The van der Waals surface area contributed by atoms with Crippen molar-refractivity contribution in [2.45, 2.75) is 33.1 Å². The Hall–Kier alpha value is -2.34. The van der Waals surface area contributed by atoms with Crippen LogP contribution >= 0.6 is 0 Å². The van der Waals surface area contributed by atoms with Gasteiger partial charge in [-0.2, -0.15) is 0 Å². The first-order chi connectivity index (χ1) is 12.9. The van der Waals surface area contributed by atoms with Crippen LogP contribution in [0.2, 0.25) is 0 Å². The number of H-pyrrole nitrogens is 1. The molecule has 0 bridgehead atoms. The molecule has 1 aromatic carbocycles. The lowest BCUT2D eigenvalue weighted by Crippen LogP contribution is -2.44. The summed E-state index contributed by atoms with van der Waals surface area (Å²) in [6.45, 7) is 11.0. The van der Waals surface area contributed by atoms with Gasteiger partial charge in [0.05, 0.1) is 5.52 Å². The minimum absolute atomic E-state index is 0.372. The molecule has 144 valence electrons. The first-order valence-electron chi connectivity index (χ1n) is 9.94. The Bertz CT molecular complexity index is 952. The molecule has 27 heavy (non-hydrogen) atoms. The molecule has 1 unspecified atom stereocenters. The Morgan fingerprint density at radius 3 is 2.56 bits per heavy atom. The van der Waals surface area contributed by atoms with E-state index < -0.39 is 0 Å². The van der Waals surface area contributed by atoms with Crippen LogP contribution < -0.4 is 10.6 Å². The van der Waals surface area contributed by atoms with Crippen molar-refractivity contribution in [2.24, 2.45) is 5.92 Å².